The Morgan fingerprint density at radius 2 is 2.00 bits per heavy atom. The second-order valence-corrected chi connectivity index (χ2v) is 10.0. The molecule has 37 heavy (non-hydrogen) atoms. The van der Waals surface area contributed by atoms with Crippen LogP contribution in [-0.4, -0.2) is 56.9 Å². The normalized spacial score (nSPS) is 17.9. The van der Waals surface area contributed by atoms with Crippen molar-refractivity contribution in [2.75, 3.05) is 32.8 Å². The molecule has 2 aliphatic rings. The molecule has 0 bridgehead atoms. The van der Waals surface area contributed by atoms with Crippen LogP contribution in [0, 0.1) is 5.82 Å². The quantitative estimate of drug-likeness (QED) is 0.340. The van der Waals surface area contributed by atoms with Crippen LogP contribution in [0.4, 0.5) is 4.39 Å². The van der Waals surface area contributed by atoms with Crippen LogP contribution in [-0.2, 0) is 7.05 Å². The predicted molar refractivity (Wildman–Crippen MR) is 141 cm³/mol. The topological polar surface area (TPSA) is 74.4 Å². The number of hydrogen-bond acceptors (Lipinski definition) is 6. The maximum absolute atomic E-state index is 15.5. The molecule has 194 valence electrons. The van der Waals surface area contributed by atoms with E-state index in [4.69, 9.17) is 9.47 Å². The van der Waals surface area contributed by atoms with Crippen LogP contribution in [0.25, 0.3) is 33.1 Å². The van der Waals surface area contributed by atoms with Gasteiger partial charge in [0, 0.05) is 37.5 Å². The van der Waals surface area contributed by atoms with E-state index in [0.29, 0.717) is 52.2 Å². The number of ether oxygens (including phenoxy) is 2. The lowest BCUT2D eigenvalue weighted by Gasteiger charge is -2.26. The molecule has 0 amide bonds. The zero-order chi connectivity index (χ0) is 25.5. The zero-order valence-corrected chi connectivity index (χ0v) is 21.4. The van der Waals surface area contributed by atoms with Gasteiger partial charge < -0.3 is 14.4 Å². The molecule has 3 aromatic heterocycles. The second-order valence-electron chi connectivity index (χ2n) is 10.0. The number of hydrogen-bond donors (Lipinski definition) is 0. The zero-order valence-electron chi connectivity index (χ0n) is 21.4. The Hall–Kier alpha value is -3.46. The summed E-state index contributed by atoms with van der Waals surface area (Å²) in [7, 11) is 1.74. The summed E-state index contributed by atoms with van der Waals surface area (Å²) in [6.07, 6.45) is 8.81. The van der Waals surface area contributed by atoms with Gasteiger partial charge >= 0.3 is 5.69 Å². The lowest BCUT2D eigenvalue weighted by atomic mass is 10.0. The van der Waals surface area contributed by atoms with E-state index in [1.807, 2.05) is 13.0 Å². The number of pyridine rings is 2. The van der Waals surface area contributed by atoms with Gasteiger partial charge in [-0.15, -0.1) is 0 Å². The number of aryl methyl sites for hydroxylation is 1. The average Bonchev–Trinajstić information content (AvgIpc) is 3.06. The molecule has 1 atom stereocenters. The molecule has 0 unspecified atom stereocenters. The lowest BCUT2D eigenvalue weighted by Crippen LogP contribution is -2.31. The van der Waals surface area contributed by atoms with E-state index in [0.717, 1.165) is 18.5 Å². The summed E-state index contributed by atoms with van der Waals surface area (Å²) in [4.78, 5) is 24.5. The lowest BCUT2D eigenvalue weighted by molar-refractivity contribution is 0.203. The molecule has 5 heterocycles. The molecule has 4 aromatic rings. The van der Waals surface area contributed by atoms with E-state index < -0.39 is 5.82 Å². The van der Waals surface area contributed by atoms with E-state index in [1.165, 1.54) is 38.4 Å². The number of imidazole rings is 1. The molecule has 1 saturated heterocycles. The first kappa shape index (κ1) is 23.9. The molecule has 8 nitrogen and oxygen atoms in total. The highest BCUT2D eigenvalue weighted by Gasteiger charge is 2.29. The molecule has 9 heteroatoms. The highest BCUT2D eigenvalue weighted by Crippen LogP contribution is 2.44. The molecule has 1 aromatic carbocycles. The molecule has 0 aliphatic carbocycles. The van der Waals surface area contributed by atoms with Crippen LogP contribution in [0.2, 0.25) is 0 Å². The van der Waals surface area contributed by atoms with Crippen molar-refractivity contribution in [1.82, 2.24) is 24.0 Å². The third-order valence-electron chi connectivity index (χ3n) is 7.71. The fourth-order valence-electron chi connectivity index (χ4n) is 5.68. The van der Waals surface area contributed by atoms with Gasteiger partial charge in [0.15, 0.2) is 0 Å². The fraction of sp³-hybridized carbons (Fsp3) is 0.464. The van der Waals surface area contributed by atoms with E-state index >= 15 is 4.39 Å². The molecule has 2 aliphatic heterocycles. The minimum Gasteiger partial charge on any atom is -0.490 e. The summed E-state index contributed by atoms with van der Waals surface area (Å²) in [6.45, 7) is 6.26. The Kier molecular flexibility index (Phi) is 6.32. The highest BCUT2D eigenvalue weighted by molar-refractivity contribution is 6.09. The number of halogens is 1. The molecular formula is C28H32FN5O3. The molecule has 0 spiro atoms. The van der Waals surface area contributed by atoms with E-state index in [-0.39, 0.29) is 18.3 Å². The van der Waals surface area contributed by atoms with Gasteiger partial charge in [0.1, 0.15) is 18.2 Å². The van der Waals surface area contributed by atoms with Gasteiger partial charge in [-0.2, -0.15) is 0 Å². The van der Waals surface area contributed by atoms with Crippen LogP contribution in [0.5, 0.6) is 11.6 Å². The molecule has 0 radical (unpaired) electrons. The summed E-state index contributed by atoms with van der Waals surface area (Å²) in [5.74, 6) is 0.480. The third kappa shape index (κ3) is 4.15. The Morgan fingerprint density at radius 3 is 2.76 bits per heavy atom. The van der Waals surface area contributed by atoms with Gasteiger partial charge in [-0.25, -0.2) is 14.2 Å². The van der Waals surface area contributed by atoms with Crippen molar-refractivity contribution >= 4 is 21.9 Å². The first-order chi connectivity index (χ1) is 18.1. The number of piperidine rings is 1. The van der Waals surface area contributed by atoms with Crippen molar-refractivity contribution in [3.05, 3.63) is 46.9 Å². The van der Waals surface area contributed by atoms with Gasteiger partial charge in [0.05, 0.1) is 46.3 Å². The van der Waals surface area contributed by atoms with Crippen molar-refractivity contribution in [1.29, 1.82) is 0 Å². The first-order valence-corrected chi connectivity index (χ1v) is 13.2. The maximum Gasteiger partial charge on any atom is 0.329 e. The van der Waals surface area contributed by atoms with Crippen LogP contribution in [0.3, 0.4) is 0 Å². The highest BCUT2D eigenvalue weighted by atomic mass is 19.1. The SMILES string of the molecule is CC[C@@H]1COc2c(-c3ccc(OCCCN4CCCCC4)nc3)c(F)cc3ncc4c(c23)n1c(=O)n4C. The summed E-state index contributed by atoms with van der Waals surface area (Å²) in [5, 5.41) is 0.653. The minimum absolute atomic E-state index is 0.123. The summed E-state index contributed by atoms with van der Waals surface area (Å²) < 4.78 is 31.0. The number of benzene rings is 1. The van der Waals surface area contributed by atoms with Crippen molar-refractivity contribution < 1.29 is 13.9 Å². The average molecular weight is 506 g/mol. The Bertz CT molecular complexity index is 1510. The van der Waals surface area contributed by atoms with Gasteiger partial charge in [-0.1, -0.05) is 13.3 Å². The molecule has 6 rings (SSSR count). The van der Waals surface area contributed by atoms with E-state index in [1.54, 1.807) is 34.6 Å². The summed E-state index contributed by atoms with van der Waals surface area (Å²) in [6, 6.07) is 4.83. The van der Waals surface area contributed by atoms with Crippen LogP contribution in [0.15, 0.2) is 35.4 Å². The van der Waals surface area contributed by atoms with Crippen LogP contribution < -0.4 is 15.2 Å². The Labute approximate surface area is 214 Å². The number of likely N-dealkylation sites (tertiary alicyclic amines) is 1. The monoisotopic (exact) mass is 505 g/mol. The molecule has 0 saturated carbocycles. The second kappa shape index (κ2) is 9.78. The molecule has 0 N–H and O–H groups in total. The van der Waals surface area contributed by atoms with Gasteiger partial charge in [0.25, 0.3) is 0 Å². The van der Waals surface area contributed by atoms with Crippen molar-refractivity contribution in [2.24, 2.45) is 7.05 Å². The third-order valence-corrected chi connectivity index (χ3v) is 7.71. The Balaban J connectivity index is 1.32. The fourth-order valence-corrected chi connectivity index (χ4v) is 5.68. The van der Waals surface area contributed by atoms with Crippen molar-refractivity contribution in [2.45, 2.75) is 45.1 Å². The smallest absolute Gasteiger partial charge is 0.329 e. The first-order valence-electron chi connectivity index (χ1n) is 13.2. The van der Waals surface area contributed by atoms with Gasteiger partial charge in [-0.3, -0.25) is 14.1 Å². The maximum atomic E-state index is 15.5. The minimum atomic E-state index is -0.439. The van der Waals surface area contributed by atoms with Crippen molar-refractivity contribution in [3.63, 3.8) is 0 Å². The van der Waals surface area contributed by atoms with Crippen LogP contribution in [0.1, 0.15) is 45.1 Å². The Morgan fingerprint density at radius 1 is 1.16 bits per heavy atom. The summed E-state index contributed by atoms with van der Waals surface area (Å²) in [5.41, 5.74) is 2.69. The standard InChI is InChI=1S/C28H32FN5O3/c1-3-19-17-37-27-24(18-8-9-23(31-15-18)36-13-7-12-33-10-5-4-6-11-33)20(29)14-21-25(27)26-22(16-30-21)32(2)28(35)34(19)26/h8-9,14-16,19H,3-7,10-13,17H2,1-2H3/t19-/m1/s1. The van der Waals surface area contributed by atoms with Gasteiger partial charge in [0.2, 0.25) is 5.88 Å². The van der Waals surface area contributed by atoms with E-state index in [9.17, 15) is 4.79 Å². The molecular weight excluding hydrogens is 473 g/mol. The number of aromatic nitrogens is 4. The predicted octanol–water partition coefficient (Wildman–Crippen LogP) is 4.69. The van der Waals surface area contributed by atoms with E-state index in [2.05, 4.69) is 14.9 Å². The van der Waals surface area contributed by atoms with Gasteiger partial charge in [-0.05, 0) is 44.8 Å². The van der Waals surface area contributed by atoms with Crippen molar-refractivity contribution in [3.8, 4) is 22.8 Å². The molecule has 1 fully saturated rings. The number of rotatable bonds is 7. The largest absolute Gasteiger partial charge is 0.490 e. The summed E-state index contributed by atoms with van der Waals surface area (Å²) >= 11 is 0. The van der Waals surface area contributed by atoms with Crippen LogP contribution >= 0.6 is 0 Å². The number of nitrogens with zero attached hydrogens (tertiary/aromatic N) is 5.